The molecule has 0 saturated heterocycles. The van der Waals surface area contributed by atoms with Crippen LogP contribution in [0.3, 0.4) is 0 Å². The maximum Gasteiger partial charge on any atom is 0.135 e. The maximum absolute atomic E-state index is 6.17. The van der Waals surface area contributed by atoms with Crippen LogP contribution in [0.5, 0.6) is 0 Å². The first kappa shape index (κ1) is 29.7. The lowest BCUT2D eigenvalue weighted by molar-refractivity contribution is 0.669. The number of rotatable bonds is 4. The van der Waals surface area contributed by atoms with Crippen molar-refractivity contribution in [2.24, 2.45) is 0 Å². The van der Waals surface area contributed by atoms with Crippen molar-refractivity contribution < 1.29 is 4.42 Å². The van der Waals surface area contributed by atoms with Gasteiger partial charge in [-0.05, 0) is 130 Å². The van der Waals surface area contributed by atoms with Crippen molar-refractivity contribution in [3.8, 4) is 44.5 Å². The SMILES string of the molecule is c1cc(-c2ccc3oc4ccccc4c3c2)cc(-c2c3ccccc3c(-c3ccc4ccccc4c3)c3cc(-c4ccc5ccccc5c4)ccc23)c1. The molecule has 53 heavy (non-hydrogen) atoms. The molecule has 0 atom stereocenters. The molecular formula is C52H32O. The summed E-state index contributed by atoms with van der Waals surface area (Å²) in [5.41, 5.74) is 11.5. The molecule has 11 aromatic rings. The smallest absolute Gasteiger partial charge is 0.135 e. The monoisotopic (exact) mass is 672 g/mol. The van der Waals surface area contributed by atoms with Crippen molar-refractivity contribution in [2.75, 3.05) is 0 Å². The van der Waals surface area contributed by atoms with Crippen LogP contribution in [0.4, 0.5) is 0 Å². The minimum absolute atomic E-state index is 0.912. The summed E-state index contributed by atoms with van der Waals surface area (Å²) in [7, 11) is 0. The van der Waals surface area contributed by atoms with Crippen LogP contribution < -0.4 is 0 Å². The Morgan fingerprint density at radius 1 is 0.226 bits per heavy atom. The van der Waals surface area contributed by atoms with Gasteiger partial charge in [-0.25, -0.2) is 0 Å². The van der Waals surface area contributed by atoms with Crippen molar-refractivity contribution in [2.45, 2.75) is 0 Å². The summed E-state index contributed by atoms with van der Waals surface area (Å²) in [5, 5.41) is 12.3. The topological polar surface area (TPSA) is 13.1 Å². The summed E-state index contributed by atoms with van der Waals surface area (Å²) >= 11 is 0. The molecule has 246 valence electrons. The Bertz CT molecular complexity index is 3230. The maximum atomic E-state index is 6.17. The fourth-order valence-corrected chi connectivity index (χ4v) is 8.45. The van der Waals surface area contributed by atoms with E-state index < -0.39 is 0 Å². The summed E-state index contributed by atoms with van der Waals surface area (Å²) < 4.78 is 6.17. The average Bonchev–Trinajstić information content (AvgIpc) is 3.60. The molecule has 0 aliphatic heterocycles. The molecule has 0 bridgehead atoms. The molecule has 0 aliphatic rings. The second kappa shape index (κ2) is 11.8. The van der Waals surface area contributed by atoms with E-state index in [2.05, 4.69) is 182 Å². The lowest BCUT2D eigenvalue weighted by Gasteiger charge is -2.19. The summed E-state index contributed by atoms with van der Waals surface area (Å²) in [4.78, 5) is 0. The minimum Gasteiger partial charge on any atom is -0.456 e. The summed E-state index contributed by atoms with van der Waals surface area (Å²) in [6.45, 7) is 0. The fourth-order valence-electron chi connectivity index (χ4n) is 8.45. The molecule has 0 unspecified atom stereocenters. The molecule has 1 heteroatoms. The van der Waals surface area contributed by atoms with Crippen LogP contribution >= 0.6 is 0 Å². The van der Waals surface area contributed by atoms with Gasteiger partial charge in [-0.1, -0.05) is 152 Å². The Morgan fingerprint density at radius 3 is 1.43 bits per heavy atom. The second-order valence-electron chi connectivity index (χ2n) is 14.1. The zero-order valence-electron chi connectivity index (χ0n) is 28.9. The van der Waals surface area contributed by atoms with E-state index in [1.54, 1.807) is 0 Å². The molecule has 0 amide bonds. The standard InChI is InChI=1S/C52H32O/c1-3-12-35-28-38(22-20-33(35)10-1)39-24-26-46-48(32-39)52(42-23-21-34-11-2-4-13-36(34)29-42)45-18-6-5-17-44(45)51(46)41-15-9-14-37(30-41)40-25-27-50-47(31-40)43-16-7-8-19-49(43)53-50/h1-32H. The highest BCUT2D eigenvalue weighted by Crippen LogP contribution is 2.46. The number of hydrogen-bond donors (Lipinski definition) is 0. The van der Waals surface area contributed by atoms with E-state index in [-0.39, 0.29) is 0 Å². The third-order valence-corrected chi connectivity index (χ3v) is 11.0. The Kier molecular flexibility index (Phi) is 6.62. The summed E-state index contributed by atoms with van der Waals surface area (Å²) in [5.74, 6) is 0. The van der Waals surface area contributed by atoms with Crippen molar-refractivity contribution in [1.29, 1.82) is 0 Å². The largest absolute Gasteiger partial charge is 0.456 e. The third-order valence-electron chi connectivity index (χ3n) is 11.0. The lowest BCUT2D eigenvalue weighted by Crippen LogP contribution is -1.92. The molecule has 1 nitrogen and oxygen atoms in total. The first-order valence-corrected chi connectivity index (χ1v) is 18.2. The number of benzene rings is 10. The first-order valence-electron chi connectivity index (χ1n) is 18.2. The van der Waals surface area contributed by atoms with Crippen molar-refractivity contribution in [3.05, 3.63) is 194 Å². The van der Waals surface area contributed by atoms with E-state index in [1.165, 1.54) is 87.6 Å². The van der Waals surface area contributed by atoms with Crippen LogP contribution in [0.2, 0.25) is 0 Å². The number of fused-ring (bicyclic) bond motifs is 7. The zero-order chi connectivity index (χ0) is 34.9. The van der Waals surface area contributed by atoms with Gasteiger partial charge in [-0.3, -0.25) is 0 Å². The quantitative estimate of drug-likeness (QED) is 0.170. The predicted molar refractivity (Wildman–Crippen MR) is 225 cm³/mol. The molecule has 0 N–H and O–H groups in total. The van der Waals surface area contributed by atoms with E-state index in [0.717, 1.165) is 21.9 Å². The molecule has 1 aromatic heterocycles. The highest BCUT2D eigenvalue weighted by Gasteiger charge is 2.19. The van der Waals surface area contributed by atoms with Crippen LogP contribution in [0.1, 0.15) is 0 Å². The lowest BCUT2D eigenvalue weighted by atomic mass is 9.84. The second-order valence-corrected chi connectivity index (χ2v) is 14.1. The Morgan fingerprint density at radius 2 is 0.679 bits per heavy atom. The van der Waals surface area contributed by atoms with Crippen molar-refractivity contribution >= 4 is 65.0 Å². The van der Waals surface area contributed by atoms with Crippen molar-refractivity contribution in [3.63, 3.8) is 0 Å². The van der Waals surface area contributed by atoms with Gasteiger partial charge in [0.15, 0.2) is 0 Å². The number of furan rings is 1. The van der Waals surface area contributed by atoms with Gasteiger partial charge < -0.3 is 4.42 Å². The number of para-hydroxylation sites is 1. The molecule has 0 spiro atoms. The zero-order valence-corrected chi connectivity index (χ0v) is 28.9. The number of hydrogen-bond acceptors (Lipinski definition) is 1. The first-order chi connectivity index (χ1) is 26.2. The van der Waals surface area contributed by atoms with Gasteiger partial charge in [0.2, 0.25) is 0 Å². The van der Waals surface area contributed by atoms with Gasteiger partial charge in [-0.15, -0.1) is 0 Å². The molecule has 1 heterocycles. The Balaban J connectivity index is 1.17. The van der Waals surface area contributed by atoms with Gasteiger partial charge >= 0.3 is 0 Å². The molecule has 10 aromatic carbocycles. The van der Waals surface area contributed by atoms with Crippen LogP contribution in [-0.2, 0) is 0 Å². The van der Waals surface area contributed by atoms with Crippen LogP contribution in [0, 0.1) is 0 Å². The fraction of sp³-hybridized carbons (Fsp3) is 0. The predicted octanol–water partition coefficient (Wildman–Crippen LogP) is 14.9. The van der Waals surface area contributed by atoms with E-state index >= 15 is 0 Å². The van der Waals surface area contributed by atoms with Gasteiger partial charge in [0, 0.05) is 10.8 Å². The summed E-state index contributed by atoms with van der Waals surface area (Å²) in [6, 6.07) is 70.9. The normalized spacial score (nSPS) is 11.8. The molecule has 0 fully saturated rings. The Labute approximate surface area is 307 Å². The van der Waals surface area contributed by atoms with Crippen LogP contribution in [0.25, 0.3) is 110 Å². The van der Waals surface area contributed by atoms with E-state index in [1.807, 2.05) is 12.1 Å². The highest BCUT2D eigenvalue weighted by atomic mass is 16.3. The summed E-state index contributed by atoms with van der Waals surface area (Å²) in [6.07, 6.45) is 0. The van der Waals surface area contributed by atoms with Crippen molar-refractivity contribution in [1.82, 2.24) is 0 Å². The highest BCUT2D eigenvalue weighted by molar-refractivity contribution is 6.22. The minimum atomic E-state index is 0.912. The van der Waals surface area contributed by atoms with Gasteiger partial charge in [-0.2, -0.15) is 0 Å². The molecule has 0 radical (unpaired) electrons. The third kappa shape index (κ3) is 4.86. The van der Waals surface area contributed by atoms with Crippen LogP contribution in [0.15, 0.2) is 199 Å². The van der Waals surface area contributed by atoms with E-state index in [0.29, 0.717) is 0 Å². The molecule has 11 rings (SSSR count). The molecule has 0 aliphatic carbocycles. The molecular weight excluding hydrogens is 641 g/mol. The van der Waals surface area contributed by atoms with Gasteiger partial charge in [0.25, 0.3) is 0 Å². The van der Waals surface area contributed by atoms with Gasteiger partial charge in [0.1, 0.15) is 11.2 Å². The average molecular weight is 673 g/mol. The van der Waals surface area contributed by atoms with Gasteiger partial charge in [0.05, 0.1) is 0 Å². The van der Waals surface area contributed by atoms with E-state index in [4.69, 9.17) is 4.42 Å². The van der Waals surface area contributed by atoms with E-state index in [9.17, 15) is 0 Å². The molecule has 0 saturated carbocycles. The van der Waals surface area contributed by atoms with Crippen LogP contribution in [-0.4, -0.2) is 0 Å². The Hall–Kier alpha value is -6.96.